The molecule has 0 saturated carbocycles. The molecule has 24 heavy (non-hydrogen) atoms. The van der Waals surface area contributed by atoms with Crippen LogP contribution in [0.5, 0.6) is 5.88 Å². The largest absolute Gasteiger partial charge is 0.492 e. The van der Waals surface area contributed by atoms with Crippen molar-refractivity contribution in [3.63, 3.8) is 0 Å². The molecule has 0 saturated heterocycles. The van der Waals surface area contributed by atoms with Gasteiger partial charge in [-0.25, -0.2) is 4.98 Å². The van der Waals surface area contributed by atoms with Crippen molar-refractivity contribution in [1.82, 2.24) is 19.5 Å². The Morgan fingerprint density at radius 1 is 1.33 bits per heavy atom. The molecule has 128 valence electrons. The summed E-state index contributed by atoms with van der Waals surface area (Å²) in [4.78, 5) is 7.81. The first-order valence-corrected chi connectivity index (χ1v) is 8.88. The molecule has 6 nitrogen and oxygen atoms in total. The fraction of sp³-hybridized carbons (Fsp3) is 0.375. The van der Waals surface area contributed by atoms with Crippen LogP contribution >= 0.6 is 22.9 Å². The van der Waals surface area contributed by atoms with Gasteiger partial charge in [-0.2, -0.15) is 4.52 Å². The van der Waals surface area contributed by atoms with Gasteiger partial charge in [0.2, 0.25) is 10.8 Å². The zero-order valence-electron chi connectivity index (χ0n) is 13.5. The molecule has 0 aliphatic carbocycles. The van der Waals surface area contributed by atoms with Gasteiger partial charge in [-0.15, -0.1) is 5.10 Å². The summed E-state index contributed by atoms with van der Waals surface area (Å²) in [6.07, 6.45) is 0.716. The monoisotopic (exact) mass is 366 g/mol. The minimum Gasteiger partial charge on any atom is -0.492 e. The second-order valence-corrected chi connectivity index (χ2v) is 6.97. The van der Waals surface area contributed by atoms with E-state index in [1.54, 1.807) is 0 Å². The van der Waals surface area contributed by atoms with Crippen molar-refractivity contribution < 1.29 is 10.2 Å². The summed E-state index contributed by atoms with van der Waals surface area (Å²) < 4.78 is 1.48. The summed E-state index contributed by atoms with van der Waals surface area (Å²) in [5, 5.41) is 24.9. The molecule has 0 amide bonds. The molecule has 0 fully saturated rings. The van der Waals surface area contributed by atoms with Gasteiger partial charge in [0, 0.05) is 18.0 Å². The lowest BCUT2D eigenvalue weighted by Gasteiger charge is -2.27. The number of aliphatic hydroxyl groups is 1. The highest BCUT2D eigenvalue weighted by Crippen LogP contribution is 2.39. The first-order valence-electron chi connectivity index (χ1n) is 7.69. The van der Waals surface area contributed by atoms with Crippen molar-refractivity contribution in [1.29, 1.82) is 0 Å². The lowest BCUT2D eigenvalue weighted by molar-refractivity contribution is 0.196. The number of aliphatic hydroxyl groups excluding tert-OH is 1. The van der Waals surface area contributed by atoms with Crippen molar-refractivity contribution in [2.45, 2.75) is 19.4 Å². The normalized spacial score (nSPS) is 13.0. The average Bonchev–Trinajstić information content (AvgIpc) is 3.10. The third-order valence-electron chi connectivity index (χ3n) is 3.89. The van der Waals surface area contributed by atoms with E-state index in [0.29, 0.717) is 28.8 Å². The van der Waals surface area contributed by atoms with Gasteiger partial charge in [-0.1, -0.05) is 42.0 Å². The van der Waals surface area contributed by atoms with Gasteiger partial charge >= 0.3 is 0 Å². The topological polar surface area (TPSA) is 73.9 Å². The summed E-state index contributed by atoms with van der Waals surface area (Å²) in [6, 6.07) is 7.27. The fourth-order valence-corrected chi connectivity index (χ4v) is 3.95. The summed E-state index contributed by atoms with van der Waals surface area (Å²) >= 11 is 7.39. The molecule has 2 N–H and O–H groups in total. The van der Waals surface area contributed by atoms with Crippen molar-refractivity contribution in [3.05, 3.63) is 45.6 Å². The fourth-order valence-electron chi connectivity index (χ4n) is 2.66. The molecule has 1 aromatic carbocycles. The maximum absolute atomic E-state index is 10.7. The molecule has 0 aliphatic heterocycles. The second kappa shape index (κ2) is 7.06. The van der Waals surface area contributed by atoms with E-state index in [1.165, 1.54) is 15.9 Å². The molecule has 1 unspecified atom stereocenters. The molecular formula is C16H19ClN4O2S. The number of thiazole rings is 1. The molecular weight excluding hydrogens is 348 g/mol. The van der Waals surface area contributed by atoms with Gasteiger partial charge in [-0.05, 0) is 24.7 Å². The van der Waals surface area contributed by atoms with Crippen LogP contribution in [0.1, 0.15) is 29.2 Å². The maximum atomic E-state index is 10.7. The number of aryl methyl sites for hydroxylation is 1. The van der Waals surface area contributed by atoms with Crippen molar-refractivity contribution >= 4 is 27.9 Å². The Balaban J connectivity index is 2.09. The Bertz CT molecular complexity index is 831. The molecule has 3 aromatic rings. The van der Waals surface area contributed by atoms with E-state index >= 15 is 0 Å². The molecule has 0 aliphatic rings. The molecule has 0 bridgehead atoms. The number of halogens is 1. The van der Waals surface area contributed by atoms with Crippen molar-refractivity contribution in [2.24, 2.45) is 0 Å². The number of fused-ring (bicyclic) bond motifs is 1. The highest BCUT2D eigenvalue weighted by atomic mass is 35.5. The number of rotatable bonds is 6. The zero-order valence-corrected chi connectivity index (χ0v) is 15.0. The van der Waals surface area contributed by atoms with Crippen LogP contribution in [-0.4, -0.2) is 49.9 Å². The van der Waals surface area contributed by atoms with Crippen LogP contribution in [0.3, 0.4) is 0 Å². The van der Waals surface area contributed by atoms with Crippen molar-refractivity contribution in [2.75, 3.05) is 20.2 Å². The Kier molecular flexibility index (Phi) is 5.05. The molecule has 3 rings (SSSR count). The van der Waals surface area contributed by atoms with E-state index < -0.39 is 0 Å². The van der Waals surface area contributed by atoms with Gasteiger partial charge in [-0.3, -0.25) is 4.90 Å². The molecule has 1 atom stereocenters. The van der Waals surface area contributed by atoms with E-state index in [-0.39, 0.29) is 18.5 Å². The minimum absolute atomic E-state index is 0.0299. The molecule has 0 radical (unpaired) electrons. The number of nitrogens with zero attached hydrogens (tertiary/aromatic N) is 4. The molecule has 8 heteroatoms. The summed E-state index contributed by atoms with van der Waals surface area (Å²) in [5.74, 6) is 0.793. The van der Waals surface area contributed by atoms with E-state index in [4.69, 9.17) is 11.6 Å². The number of aromatic nitrogens is 3. The summed E-state index contributed by atoms with van der Waals surface area (Å²) in [7, 11) is 1.91. The SMILES string of the molecule is CCc1nc2sc(C(c3ccc(Cl)cc3)N(C)CCO)c(O)n2n1. The quantitative estimate of drug-likeness (QED) is 0.701. The van der Waals surface area contributed by atoms with Crippen LogP contribution in [0.4, 0.5) is 0 Å². The average molecular weight is 367 g/mol. The van der Waals surface area contributed by atoms with E-state index in [1.807, 2.05) is 43.1 Å². The molecule has 2 aromatic heterocycles. The molecule has 0 spiro atoms. The van der Waals surface area contributed by atoms with Gasteiger partial charge in [0.1, 0.15) is 0 Å². The maximum Gasteiger partial charge on any atom is 0.230 e. The Morgan fingerprint density at radius 2 is 2.04 bits per heavy atom. The van der Waals surface area contributed by atoms with Crippen LogP contribution in [0.2, 0.25) is 5.02 Å². The highest BCUT2D eigenvalue weighted by Gasteiger charge is 2.27. The lowest BCUT2D eigenvalue weighted by atomic mass is 10.0. The van der Waals surface area contributed by atoms with Crippen molar-refractivity contribution in [3.8, 4) is 5.88 Å². The van der Waals surface area contributed by atoms with Crippen LogP contribution in [0.15, 0.2) is 24.3 Å². The Morgan fingerprint density at radius 3 is 2.62 bits per heavy atom. The standard InChI is InChI=1S/C16H19ClN4O2S/c1-3-12-18-16-21(19-12)15(23)14(24-16)13(20(2)8-9-22)10-4-6-11(17)7-5-10/h4-7,13,22-23H,3,8-9H2,1-2H3. The number of likely N-dealkylation sites (N-methyl/N-ethyl adjacent to an activating group) is 1. The predicted molar refractivity (Wildman–Crippen MR) is 94.9 cm³/mol. The van der Waals surface area contributed by atoms with E-state index in [9.17, 15) is 10.2 Å². The third-order valence-corrected chi connectivity index (χ3v) is 5.21. The number of hydrogen-bond donors (Lipinski definition) is 2. The van der Waals surface area contributed by atoms with Crippen LogP contribution in [-0.2, 0) is 6.42 Å². The Labute approximate surface area is 148 Å². The van der Waals surface area contributed by atoms with Crippen LogP contribution in [0, 0.1) is 0 Å². The van der Waals surface area contributed by atoms with Gasteiger partial charge < -0.3 is 10.2 Å². The van der Waals surface area contributed by atoms with Gasteiger partial charge in [0.15, 0.2) is 5.82 Å². The molecule has 2 heterocycles. The van der Waals surface area contributed by atoms with Crippen LogP contribution < -0.4 is 0 Å². The van der Waals surface area contributed by atoms with E-state index in [2.05, 4.69) is 10.1 Å². The Hall–Kier alpha value is -1.67. The van der Waals surface area contributed by atoms with E-state index in [0.717, 1.165) is 10.4 Å². The summed E-state index contributed by atoms with van der Waals surface area (Å²) in [6.45, 7) is 2.48. The first kappa shape index (κ1) is 17.2. The lowest BCUT2D eigenvalue weighted by Crippen LogP contribution is -2.28. The summed E-state index contributed by atoms with van der Waals surface area (Å²) in [5.41, 5.74) is 0.978. The first-order chi connectivity index (χ1) is 11.5. The van der Waals surface area contributed by atoms with Gasteiger partial charge in [0.05, 0.1) is 17.5 Å². The third kappa shape index (κ3) is 3.12. The van der Waals surface area contributed by atoms with Crippen LogP contribution in [0.25, 0.3) is 4.96 Å². The smallest absolute Gasteiger partial charge is 0.230 e. The minimum atomic E-state index is -0.215. The number of hydrogen-bond acceptors (Lipinski definition) is 6. The van der Waals surface area contributed by atoms with Gasteiger partial charge in [0.25, 0.3) is 0 Å². The number of benzene rings is 1. The second-order valence-electron chi connectivity index (χ2n) is 5.52. The predicted octanol–water partition coefficient (Wildman–Crippen LogP) is 2.73. The number of aromatic hydroxyl groups is 1. The zero-order chi connectivity index (χ0) is 17.3. The highest BCUT2D eigenvalue weighted by molar-refractivity contribution is 7.17.